The number of hydroxylamine groups is 2. The molecule has 0 aliphatic rings. The summed E-state index contributed by atoms with van der Waals surface area (Å²) in [5.41, 5.74) is 0.373. The topological polar surface area (TPSA) is 47.4 Å². The van der Waals surface area contributed by atoms with Gasteiger partial charge in [-0.15, -0.1) is 11.3 Å². The maximum Gasteiger partial charge on any atom is 0.282 e. The highest BCUT2D eigenvalue weighted by atomic mass is 35.5. The first-order valence-corrected chi connectivity index (χ1v) is 9.79. The molecule has 28 heavy (non-hydrogen) atoms. The Morgan fingerprint density at radius 2 is 2.14 bits per heavy atom. The number of rotatable bonds is 6. The number of alkyl halides is 2. The van der Waals surface area contributed by atoms with E-state index in [1.54, 1.807) is 18.3 Å². The van der Waals surface area contributed by atoms with E-state index in [9.17, 15) is 13.6 Å². The lowest BCUT2D eigenvalue weighted by molar-refractivity contribution is -0.119. The van der Waals surface area contributed by atoms with Gasteiger partial charge in [-0.2, -0.15) is 5.10 Å². The van der Waals surface area contributed by atoms with E-state index >= 15 is 0 Å². The third kappa shape index (κ3) is 3.90. The van der Waals surface area contributed by atoms with Crippen molar-refractivity contribution in [3.8, 4) is 0 Å². The maximum atomic E-state index is 13.2. The lowest BCUT2D eigenvalue weighted by Crippen LogP contribution is -2.39. The summed E-state index contributed by atoms with van der Waals surface area (Å²) in [4.78, 5) is 19.0. The standard InChI is InChI=1S/C19H20ClF2N3O2S/c1-10-5-6-14-12(7-10)16(20)15(28-14)8-11(2)25(27-4)19(26)13-9-24(3)23-17(13)18(21)22/h5-7,9,11,18H,8H2,1-4H3. The van der Waals surface area contributed by atoms with Gasteiger partial charge in [0.2, 0.25) is 0 Å². The number of aromatic nitrogens is 2. The van der Waals surface area contributed by atoms with Crippen LogP contribution in [0.1, 0.15) is 39.8 Å². The van der Waals surface area contributed by atoms with E-state index in [0.717, 1.165) is 25.6 Å². The van der Waals surface area contributed by atoms with Crippen molar-refractivity contribution < 1.29 is 18.4 Å². The highest BCUT2D eigenvalue weighted by molar-refractivity contribution is 7.19. The molecule has 3 aromatic rings. The predicted molar refractivity (Wildman–Crippen MR) is 106 cm³/mol. The van der Waals surface area contributed by atoms with Gasteiger partial charge in [0.1, 0.15) is 5.69 Å². The molecule has 2 aromatic heterocycles. The second-order valence-corrected chi connectivity index (χ2v) is 8.12. The Bertz CT molecular complexity index is 1020. The lowest BCUT2D eigenvalue weighted by Gasteiger charge is -2.26. The molecule has 0 saturated heterocycles. The second kappa shape index (κ2) is 8.14. The molecule has 150 valence electrons. The molecule has 3 rings (SSSR count). The monoisotopic (exact) mass is 427 g/mol. The summed E-state index contributed by atoms with van der Waals surface area (Å²) in [7, 11) is 2.82. The average molecular weight is 428 g/mol. The molecular formula is C19H20ClF2N3O2S. The van der Waals surface area contributed by atoms with Gasteiger partial charge in [0.15, 0.2) is 0 Å². The molecule has 2 heterocycles. The number of fused-ring (bicyclic) bond motifs is 1. The van der Waals surface area contributed by atoms with Gasteiger partial charge < -0.3 is 0 Å². The third-order valence-corrected chi connectivity index (χ3v) is 6.16. The van der Waals surface area contributed by atoms with Crippen molar-refractivity contribution in [2.24, 2.45) is 7.05 Å². The molecule has 0 N–H and O–H groups in total. The molecular weight excluding hydrogens is 408 g/mol. The quantitative estimate of drug-likeness (QED) is 0.510. The van der Waals surface area contributed by atoms with Crippen molar-refractivity contribution in [1.82, 2.24) is 14.8 Å². The molecule has 0 radical (unpaired) electrons. The zero-order valence-electron chi connectivity index (χ0n) is 15.9. The Labute approximate surface area is 170 Å². The molecule has 0 aliphatic carbocycles. The molecule has 1 unspecified atom stereocenters. The van der Waals surface area contributed by atoms with E-state index in [1.807, 2.05) is 25.1 Å². The summed E-state index contributed by atoms with van der Waals surface area (Å²) < 4.78 is 28.7. The van der Waals surface area contributed by atoms with E-state index in [2.05, 4.69) is 5.10 Å². The van der Waals surface area contributed by atoms with E-state index in [-0.39, 0.29) is 5.56 Å². The first-order valence-electron chi connectivity index (χ1n) is 8.59. The van der Waals surface area contributed by atoms with E-state index in [1.165, 1.54) is 25.0 Å². The van der Waals surface area contributed by atoms with Crippen LogP contribution in [0.2, 0.25) is 5.02 Å². The van der Waals surface area contributed by atoms with Crippen molar-refractivity contribution in [1.29, 1.82) is 0 Å². The van der Waals surface area contributed by atoms with E-state index < -0.39 is 24.1 Å². The van der Waals surface area contributed by atoms with Gasteiger partial charge in [-0.05, 0) is 26.0 Å². The first kappa shape index (κ1) is 20.7. The van der Waals surface area contributed by atoms with E-state index in [0.29, 0.717) is 11.4 Å². The number of benzene rings is 1. The Morgan fingerprint density at radius 1 is 1.43 bits per heavy atom. The lowest BCUT2D eigenvalue weighted by atomic mass is 10.1. The van der Waals surface area contributed by atoms with Gasteiger partial charge in [-0.1, -0.05) is 23.2 Å². The zero-order chi connectivity index (χ0) is 20.6. The number of carbonyl (C=O) groups excluding carboxylic acids is 1. The first-order chi connectivity index (χ1) is 13.2. The molecule has 0 spiro atoms. The molecule has 5 nitrogen and oxygen atoms in total. The number of thiophene rings is 1. The average Bonchev–Trinajstić information content (AvgIpc) is 3.17. The molecule has 0 bridgehead atoms. The largest absolute Gasteiger partial charge is 0.282 e. The van der Waals surface area contributed by atoms with Gasteiger partial charge in [0.25, 0.3) is 12.3 Å². The number of carbonyl (C=O) groups is 1. The molecule has 0 aliphatic heterocycles. The molecule has 1 atom stereocenters. The van der Waals surface area contributed by atoms with E-state index in [4.69, 9.17) is 16.4 Å². The minimum absolute atomic E-state index is 0.177. The van der Waals surface area contributed by atoms with Gasteiger partial charge >= 0.3 is 0 Å². The predicted octanol–water partition coefficient (Wildman–Crippen LogP) is 5.17. The minimum atomic E-state index is -2.85. The van der Waals surface area contributed by atoms with Crippen molar-refractivity contribution in [3.63, 3.8) is 0 Å². The fraction of sp³-hybridized carbons (Fsp3) is 0.368. The number of hydrogen-bond acceptors (Lipinski definition) is 4. The molecule has 9 heteroatoms. The van der Waals surface area contributed by atoms with Crippen LogP contribution in [0.3, 0.4) is 0 Å². The van der Waals surface area contributed by atoms with Crippen molar-refractivity contribution >= 4 is 38.9 Å². The molecule has 0 fully saturated rings. The second-order valence-electron chi connectivity index (χ2n) is 6.61. The number of aryl methyl sites for hydroxylation is 2. The summed E-state index contributed by atoms with van der Waals surface area (Å²) >= 11 is 8.09. The Kier molecular flexibility index (Phi) is 6.02. The van der Waals surface area contributed by atoms with Crippen LogP contribution in [0.15, 0.2) is 24.4 Å². The van der Waals surface area contributed by atoms with Gasteiger partial charge in [0, 0.05) is 34.6 Å². The molecule has 1 amide bonds. The Hall–Kier alpha value is -2.03. The summed E-state index contributed by atoms with van der Waals surface area (Å²) in [6, 6.07) is 5.63. The summed E-state index contributed by atoms with van der Waals surface area (Å²) in [5.74, 6) is -0.661. The van der Waals surface area contributed by atoms with Gasteiger partial charge in [-0.25, -0.2) is 13.8 Å². The number of amides is 1. The zero-order valence-corrected chi connectivity index (χ0v) is 17.4. The van der Waals surface area contributed by atoms with Crippen LogP contribution in [0.25, 0.3) is 10.1 Å². The maximum absolute atomic E-state index is 13.2. The fourth-order valence-electron chi connectivity index (χ4n) is 3.13. The van der Waals surface area contributed by atoms with Crippen LogP contribution in [-0.4, -0.2) is 33.9 Å². The number of nitrogens with zero attached hydrogens (tertiary/aromatic N) is 3. The third-order valence-electron chi connectivity index (χ3n) is 4.42. The highest BCUT2D eigenvalue weighted by Gasteiger charge is 2.30. The number of halogens is 3. The normalized spacial score (nSPS) is 12.7. The Balaban J connectivity index is 1.87. The summed E-state index contributed by atoms with van der Waals surface area (Å²) in [5, 5.41) is 6.39. The smallest absolute Gasteiger partial charge is 0.275 e. The van der Waals surface area contributed by atoms with Crippen LogP contribution < -0.4 is 0 Å². The van der Waals surface area contributed by atoms with Crippen LogP contribution in [0, 0.1) is 6.92 Å². The number of hydrogen-bond donors (Lipinski definition) is 0. The summed E-state index contributed by atoms with van der Waals surface area (Å²) in [6.45, 7) is 3.78. The Morgan fingerprint density at radius 3 is 2.79 bits per heavy atom. The van der Waals surface area contributed by atoms with Crippen LogP contribution in [0.4, 0.5) is 8.78 Å². The van der Waals surface area contributed by atoms with Crippen LogP contribution in [-0.2, 0) is 18.3 Å². The molecule has 0 saturated carbocycles. The van der Waals surface area contributed by atoms with Gasteiger partial charge in [-0.3, -0.25) is 14.3 Å². The van der Waals surface area contributed by atoms with Crippen LogP contribution >= 0.6 is 22.9 Å². The summed E-state index contributed by atoms with van der Waals surface area (Å²) in [6.07, 6.45) is -1.15. The van der Waals surface area contributed by atoms with Crippen molar-refractivity contribution in [2.45, 2.75) is 32.7 Å². The van der Waals surface area contributed by atoms with Crippen LogP contribution in [0.5, 0.6) is 0 Å². The van der Waals surface area contributed by atoms with Crippen molar-refractivity contribution in [3.05, 3.63) is 51.1 Å². The van der Waals surface area contributed by atoms with Gasteiger partial charge in [0.05, 0.1) is 23.7 Å². The molecule has 1 aromatic carbocycles. The SMILES string of the molecule is CON(C(=O)c1cn(C)nc1C(F)F)C(C)Cc1sc2ccc(C)cc2c1Cl. The minimum Gasteiger partial charge on any atom is -0.275 e. The fourth-order valence-corrected chi connectivity index (χ4v) is 4.73. The van der Waals surface area contributed by atoms with Crippen molar-refractivity contribution in [2.75, 3.05) is 7.11 Å². The highest BCUT2D eigenvalue weighted by Crippen LogP contribution is 2.37.